The van der Waals surface area contributed by atoms with E-state index in [1.807, 2.05) is 11.5 Å². The number of Topliss-reactive ketones (excluding diaryl/α,β-unsaturated/α-hetero) is 1. The predicted octanol–water partition coefficient (Wildman–Crippen LogP) is 1.78. The molecule has 6 nitrogen and oxygen atoms in total. The van der Waals surface area contributed by atoms with Crippen molar-refractivity contribution in [2.45, 2.75) is 5.25 Å². The van der Waals surface area contributed by atoms with E-state index in [1.54, 1.807) is 18.0 Å². The summed E-state index contributed by atoms with van der Waals surface area (Å²) in [4.78, 5) is 25.4. The van der Waals surface area contributed by atoms with Crippen molar-refractivity contribution < 1.29 is 4.79 Å². The lowest BCUT2D eigenvalue weighted by molar-refractivity contribution is -0.117. The number of nitriles is 1. The molecule has 7 heteroatoms. The highest BCUT2D eigenvalue weighted by molar-refractivity contribution is 8.03. The van der Waals surface area contributed by atoms with E-state index in [1.165, 1.54) is 6.20 Å². The average Bonchev–Trinajstić information content (AvgIpc) is 3.13. The molecule has 4 rings (SSSR count). The Labute approximate surface area is 156 Å². The van der Waals surface area contributed by atoms with E-state index in [-0.39, 0.29) is 11.7 Å². The fourth-order valence-corrected chi connectivity index (χ4v) is 4.71. The molecule has 0 aromatic carbocycles. The molecule has 1 saturated heterocycles. The van der Waals surface area contributed by atoms with Gasteiger partial charge in [0.05, 0.1) is 6.54 Å². The van der Waals surface area contributed by atoms with Crippen molar-refractivity contribution in [1.82, 2.24) is 14.9 Å². The number of nitrogens with zero attached hydrogens (tertiary/aromatic N) is 5. The lowest BCUT2D eigenvalue weighted by Crippen LogP contribution is -2.48. The van der Waals surface area contributed by atoms with Crippen LogP contribution in [0.15, 0.2) is 47.7 Å². The van der Waals surface area contributed by atoms with Crippen molar-refractivity contribution in [3.63, 3.8) is 0 Å². The van der Waals surface area contributed by atoms with Crippen LogP contribution in [0.3, 0.4) is 0 Å². The Bertz CT molecular complexity index is 833. The normalized spacial score (nSPS) is 24.9. The SMILES string of the molecule is N#Cc1nccnc1N1CCN(CC(=O)C2=CSC3C=CC=CC23)CC1. The van der Waals surface area contributed by atoms with Crippen LogP contribution >= 0.6 is 11.8 Å². The van der Waals surface area contributed by atoms with Crippen LogP contribution in [0.5, 0.6) is 0 Å². The van der Waals surface area contributed by atoms with Crippen LogP contribution in [0, 0.1) is 17.2 Å². The van der Waals surface area contributed by atoms with Gasteiger partial charge in [-0.15, -0.1) is 11.8 Å². The molecule has 0 bridgehead atoms. The third kappa shape index (κ3) is 3.30. The molecule has 0 saturated carbocycles. The first-order valence-corrected chi connectivity index (χ1v) is 9.62. The molecular weight excluding hydrogens is 346 g/mol. The second kappa shape index (κ2) is 7.44. The van der Waals surface area contributed by atoms with Gasteiger partial charge in [0.2, 0.25) is 0 Å². The van der Waals surface area contributed by atoms with Gasteiger partial charge < -0.3 is 4.90 Å². The van der Waals surface area contributed by atoms with Crippen molar-refractivity contribution in [1.29, 1.82) is 5.26 Å². The third-order valence-electron chi connectivity index (χ3n) is 4.94. The molecular formula is C19H19N5OS. The Kier molecular flexibility index (Phi) is 4.87. The number of rotatable bonds is 4. The molecule has 0 radical (unpaired) electrons. The molecule has 2 unspecified atom stereocenters. The van der Waals surface area contributed by atoms with Crippen LogP contribution in [-0.2, 0) is 4.79 Å². The number of carbonyl (C=O) groups excluding carboxylic acids is 1. The van der Waals surface area contributed by atoms with Crippen LogP contribution in [0.1, 0.15) is 5.69 Å². The van der Waals surface area contributed by atoms with Crippen molar-refractivity contribution in [3.05, 3.63) is 53.4 Å². The van der Waals surface area contributed by atoms with E-state index in [2.05, 4.69) is 44.1 Å². The molecule has 1 aliphatic carbocycles. The minimum absolute atomic E-state index is 0.218. The topological polar surface area (TPSA) is 73.1 Å². The van der Waals surface area contributed by atoms with Gasteiger partial charge in [-0.3, -0.25) is 9.69 Å². The highest BCUT2D eigenvalue weighted by Gasteiger charge is 2.32. The maximum Gasteiger partial charge on any atom is 0.183 e. The summed E-state index contributed by atoms with van der Waals surface area (Å²) in [6, 6.07) is 2.10. The van der Waals surface area contributed by atoms with E-state index in [0.717, 1.165) is 31.8 Å². The van der Waals surface area contributed by atoms with E-state index < -0.39 is 0 Å². The minimum atomic E-state index is 0.218. The molecule has 1 fully saturated rings. The number of fused-ring (bicyclic) bond motifs is 1. The largest absolute Gasteiger partial charge is 0.352 e. The minimum Gasteiger partial charge on any atom is -0.352 e. The maximum atomic E-state index is 12.8. The second-order valence-electron chi connectivity index (χ2n) is 6.50. The standard InChI is InChI=1S/C19H19N5OS/c20-11-16-19(22-6-5-21-16)24-9-7-23(8-10-24)12-17(25)15-13-26-18-4-2-1-3-14(15)18/h1-6,13-14,18H,7-10,12H2. The number of allylic oxidation sites excluding steroid dienone is 3. The molecule has 0 spiro atoms. The molecule has 2 aliphatic heterocycles. The average molecular weight is 365 g/mol. The lowest BCUT2D eigenvalue weighted by Gasteiger charge is -2.35. The van der Waals surface area contributed by atoms with Gasteiger partial charge in [0.15, 0.2) is 17.3 Å². The number of thioether (sulfide) groups is 1. The molecule has 2 atom stereocenters. The number of piperazine rings is 1. The van der Waals surface area contributed by atoms with Gasteiger partial charge in [0.25, 0.3) is 0 Å². The number of carbonyl (C=O) groups is 1. The van der Waals surface area contributed by atoms with E-state index >= 15 is 0 Å². The van der Waals surface area contributed by atoms with Crippen LogP contribution in [0.25, 0.3) is 0 Å². The number of hydrogen-bond donors (Lipinski definition) is 0. The second-order valence-corrected chi connectivity index (χ2v) is 7.55. The molecule has 1 aromatic heterocycles. The number of anilines is 1. The van der Waals surface area contributed by atoms with Crippen LogP contribution in [0.4, 0.5) is 5.82 Å². The summed E-state index contributed by atoms with van der Waals surface area (Å²) in [7, 11) is 0. The van der Waals surface area contributed by atoms with Crippen molar-refractivity contribution >= 4 is 23.4 Å². The van der Waals surface area contributed by atoms with Gasteiger partial charge >= 0.3 is 0 Å². The molecule has 132 valence electrons. The zero-order chi connectivity index (χ0) is 17.9. The number of ketones is 1. The summed E-state index contributed by atoms with van der Waals surface area (Å²) in [6.45, 7) is 3.48. The quantitative estimate of drug-likeness (QED) is 0.805. The van der Waals surface area contributed by atoms with Gasteiger partial charge in [-0.05, 0) is 5.41 Å². The highest BCUT2D eigenvalue weighted by atomic mass is 32.2. The Hall–Kier alpha value is -2.43. The summed E-state index contributed by atoms with van der Waals surface area (Å²) in [5.41, 5.74) is 1.29. The van der Waals surface area contributed by atoms with E-state index in [0.29, 0.717) is 23.3 Å². The summed E-state index contributed by atoms with van der Waals surface area (Å²) in [6.07, 6.45) is 11.5. The Morgan fingerprint density at radius 3 is 2.77 bits per heavy atom. The predicted molar refractivity (Wildman–Crippen MR) is 102 cm³/mol. The highest BCUT2D eigenvalue weighted by Crippen LogP contribution is 2.39. The van der Waals surface area contributed by atoms with Gasteiger partial charge in [0.1, 0.15) is 6.07 Å². The zero-order valence-corrected chi connectivity index (χ0v) is 15.1. The number of aromatic nitrogens is 2. The first-order chi connectivity index (χ1) is 12.8. The van der Waals surface area contributed by atoms with Gasteiger partial charge in [0, 0.05) is 55.3 Å². The van der Waals surface area contributed by atoms with Crippen LogP contribution < -0.4 is 4.90 Å². The van der Waals surface area contributed by atoms with Crippen molar-refractivity contribution in [2.75, 3.05) is 37.6 Å². The summed E-state index contributed by atoms with van der Waals surface area (Å²) in [5.74, 6) is 1.07. The molecule has 0 N–H and O–H groups in total. The zero-order valence-electron chi connectivity index (χ0n) is 14.3. The first-order valence-electron chi connectivity index (χ1n) is 8.68. The molecule has 26 heavy (non-hydrogen) atoms. The van der Waals surface area contributed by atoms with Crippen LogP contribution in [-0.4, -0.2) is 58.6 Å². The van der Waals surface area contributed by atoms with Gasteiger partial charge in [-0.1, -0.05) is 24.3 Å². The van der Waals surface area contributed by atoms with Gasteiger partial charge in [-0.2, -0.15) is 5.26 Å². The smallest absolute Gasteiger partial charge is 0.183 e. The summed E-state index contributed by atoms with van der Waals surface area (Å²) in [5, 5.41) is 11.6. The summed E-state index contributed by atoms with van der Waals surface area (Å²) >= 11 is 1.73. The van der Waals surface area contributed by atoms with E-state index in [4.69, 9.17) is 0 Å². The fraction of sp³-hybridized carbons (Fsp3) is 0.368. The fourth-order valence-electron chi connectivity index (χ4n) is 3.53. The van der Waals surface area contributed by atoms with Gasteiger partial charge in [-0.25, -0.2) is 9.97 Å². The van der Waals surface area contributed by atoms with E-state index in [9.17, 15) is 10.1 Å². The molecule has 0 amide bonds. The third-order valence-corrected chi connectivity index (χ3v) is 6.10. The van der Waals surface area contributed by atoms with Crippen molar-refractivity contribution in [3.8, 4) is 6.07 Å². The summed E-state index contributed by atoms with van der Waals surface area (Å²) < 4.78 is 0. The molecule has 1 aromatic rings. The first kappa shape index (κ1) is 17.0. The van der Waals surface area contributed by atoms with Crippen LogP contribution in [0.2, 0.25) is 0 Å². The lowest BCUT2D eigenvalue weighted by atomic mass is 9.90. The molecule has 3 aliphatic rings. The number of hydrogen-bond acceptors (Lipinski definition) is 7. The maximum absolute atomic E-state index is 12.8. The Morgan fingerprint density at radius 1 is 1.19 bits per heavy atom. The monoisotopic (exact) mass is 365 g/mol. The molecule has 3 heterocycles. The Balaban J connectivity index is 1.34. The Morgan fingerprint density at radius 2 is 1.96 bits per heavy atom. The van der Waals surface area contributed by atoms with Crippen molar-refractivity contribution in [2.24, 2.45) is 5.92 Å².